The third kappa shape index (κ3) is 3.31. The van der Waals surface area contributed by atoms with Gasteiger partial charge < -0.3 is 10.4 Å². The monoisotopic (exact) mass is 319 g/mol. The minimum atomic E-state index is -0.748. The summed E-state index contributed by atoms with van der Waals surface area (Å²) in [6.07, 6.45) is 6.70. The van der Waals surface area contributed by atoms with Crippen LogP contribution >= 0.6 is 11.6 Å². The Morgan fingerprint density at radius 3 is 2.68 bits per heavy atom. The van der Waals surface area contributed by atoms with Crippen LogP contribution in [-0.2, 0) is 0 Å². The van der Waals surface area contributed by atoms with E-state index in [9.17, 15) is 9.90 Å². The lowest BCUT2D eigenvalue weighted by Gasteiger charge is -2.22. The number of aromatic nitrogens is 2. The molecule has 0 radical (unpaired) electrons. The van der Waals surface area contributed by atoms with Gasteiger partial charge in [-0.2, -0.15) is 5.10 Å². The van der Waals surface area contributed by atoms with Crippen LogP contribution in [-0.4, -0.2) is 32.9 Å². The van der Waals surface area contributed by atoms with Crippen molar-refractivity contribution in [2.45, 2.75) is 31.3 Å². The summed E-state index contributed by atoms with van der Waals surface area (Å²) in [5.41, 5.74) is 0.552. The number of carbonyl (C=O) groups is 1. The molecule has 0 aliphatic heterocycles. The lowest BCUT2D eigenvalue weighted by atomic mass is 10.0. The van der Waals surface area contributed by atoms with Crippen LogP contribution in [0.1, 0.15) is 36.0 Å². The quantitative estimate of drug-likeness (QED) is 0.910. The maximum atomic E-state index is 12.1. The standard InChI is InChI=1S/C16H18ClN3O2/c17-13-3-5-14(6-4-13)20-10-12(9-19-20)15(21)18-11-16(22)7-1-2-8-16/h3-6,9-10,22H,1-2,7-8,11H2,(H,18,21). The molecule has 1 heterocycles. The van der Waals surface area contributed by atoms with E-state index in [0.29, 0.717) is 10.6 Å². The summed E-state index contributed by atoms with van der Waals surface area (Å²) in [6, 6.07) is 7.21. The van der Waals surface area contributed by atoms with Gasteiger partial charge in [-0.3, -0.25) is 4.79 Å². The van der Waals surface area contributed by atoms with E-state index in [1.54, 1.807) is 23.0 Å². The van der Waals surface area contributed by atoms with Gasteiger partial charge in [-0.15, -0.1) is 0 Å². The zero-order valence-electron chi connectivity index (χ0n) is 12.1. The first-order valence-electron chi connectivity index (χ1n) is 7.37. The van der Waals surface area contributed by atoms with Crippen molar-refractivity contribution in [3.63, 3.8) is 0 Å². The first kappa shape index (κ1) is 15.1. The van der Waals surface area contributed by atoms with Gasteiger partial charge in [-0.25, -0.2) is 4.68 Å². The molecule has 5 nitrogen and oxygen atoms in total. The van der Waals surface area contributed by atoms with Crippen molar-refractivity contribution >= 4 is 17.5 Å². The maximum absolute atomic E-state index is 12.1. The summed E-state index contributed by atoms with van der Waals surface area (Å²) in [4.78, 5) is 12.1. The zero-order valence-corrected chi connectivity index (χ0v) is 12.9. The lowest BCUT2D eigenvalue weighted by molar-refractivity contribution is 0.0449. The number of aliphatic hydroxyl groups is 1. The highest BCUT2D eigenvalue weighted by molar-refractivity contribution is 6.30. The van der Waals surface area contributed by atoms with Crippen molar-refractivity contribution in [2.75, 3.05) is 6.54 Å². The number of hydrogen-bond donors (Lipinski definition) is 2. The largest absolute Gasteiger partial charge is 0.388 e. The van der Waals surface area contributed by atoms with E-state index in [2.05, 4.69) is 10.4 Å². The molecular formula is C16H18ClN3O2. The van der Waals surface area contributed by atoms with E-state index in [0.717, 1.165) is 31.4 Å². The van der Waals surface area contributed by atoms with Crippen LogP contribution in [0.3, 0.4) is 0 Å². The number of nitrogens with one attached hydrogen (secondary N) is 1. The van der Waals surface area contributed by atoms with Gasteiger partial charge in [0.25, 0.3) is 5.91 Å². The van der Waals surface area contributed by atoms with E-state index < -0.39 is 5.60 Å². The van der Waals surface area contributed by atoms with Gasteiger partial charge in [-0.05, 0) is 37.1 Å². The summed E-state index contributed by atoms with van der Waals surface area (Å²) in [6.45, 7) is 0.290. The predicted octanol–water partition coefficient (Wildman–Crippen LogP) is 2.56. The Bertz CT molecular complexity index is 660. The van der Waals surface area contributed by atoms with Gasteiger partial charge >= 0.3 is 0 Å². The van der Waals surface area contributed by atoms with Gasteiger partial charge in [0.15, 0.2) is 0 Å². The molecule has 1 aliphatic rings. The lowest BCUT2D eigenvalue weighted by Crippen LogP contribution is -2.40. The normalized spacial score (nSPS) is 16.6. The average Bonchev–Trinajstić information content (AvgIpc) is 3.15. The molecule has 1 saturated carbocycles. The number of carbonyl (C=O) groups excluding carboxylic acids is 1. The van der Waals surface area contributed by atoms with Gasteiger partial charge in [0.2, 0.25) is 0 Å². The van der Waals surface area contributed by atoms with Crippen LogP contribution in [0.15, 0.2) is 36.7 Å². The Balaban J connectivity index is 1.65. The number of hydrogen-bond acceptors (Lipinski definition) is 3. The molecule has 1 fully saturated rings. The molecule has 0 bridgehead atoms. The summed E-state index contributed by atoms with van der Waals surface area (Å²) < 4.78 is 1.62. The van der Waals surface area contributed by atoms with Crippen molar-refractivity contribution in [1.29, 1.82) is 0 Å². The van der Waals surface area contributed by atoms with E-state index in [1.165, 1.54) is 6.20 Å². The van der Waals surface area contributed by atoms with Crippen LogP contribution in [0.5, 0.6) is 0 Å². The molecule has 6 heteroatoms. The highest BCUT2D eigenvalue weighted by Crippen LogP contribution is 2.28. The first-order chi connectivity index (χ1) is 10.6. The van der Waals surface area contributed by atoms with Gasteiger partial charge in [-0.1, -0.05) is 24.4 Å². The van der Waals surface area contributed by atoms with Crippen molar-refractivity contribution in [3.8, 4) is 5.69 Å². The Morgan fingerprint density at radius 2 is 2.00 bits per heavy atom. The van der Waals surface area contributed by atoms with Crippen molar-refractivity contribution < 1.29 is 9.90 Å². The fourth-order valence-corrected chi connectivity index (χ4v) is 2.86. The van der Waals surface area contributed by atoms with Crippen molar-refractivity contribution in [1.82, 2.24) is 15.1 Å². The number of halogens is 1. The molecular weight excluding hydrogens is 302 g/mol. The Morgan fingerprint density at radius 1 is 1.32 bits per heavy atom. The first-order valence-corrected chi connectivity index (χ1v) is 7.75. The summed E-state index contributed by atoms with van der Waals surface area (Å²) in [5.74, 6) is -0.222. The van der Waals surface area contributed by atoms with Crippen molar-refractivity contribution in [3.05, 3.63) is 47.2 Å². The average molecular weight is 320 g/mol. The van der Waals surface area contributed by atoms with E-state index in [1.807, 2.05) is 12.1 Å². The Labute approximate surface area is 133 Å². The minimum absolute atomic E-state index is 0.222. The molecule has 0 unspecified atom stereocenters. The molecule has 1 aromatic carbocycles. The van der Waals surface area contributed by atoms with E-state index in [-0.39, 0.29) is 12.5 Å². The topological polar surface area (TPSA) is 67.2 Å². The molecule has 3 rings (SSSR count). The zero-order chi connectivity index (χ0) is 15.6. The van der Waals surface area contributed by atoms with E-state index >= 15 is 0 Å². The second-order valence-electron chi connectivity index (χ2n) is 5.76. The second-order valence-corrected chi connectivity index (χ2v) is 6.20. The molecule has 1 amide bonds. The molecule has 0 saturated heterocycles. The molecule has 1 aromatic heterocycles. The molecule has 1 aliphatic carbocycles. The van der Waals surface area contributed by atoms with Gasteiger partial charge in [0, 0.05) is 17.8 Å². The highest BCUT2D eigenvalue weighted by Gasteiger charge is 2.31. The Kier molecular flexibility index (Phi) is 4.18. The molecule has 2 N–H and O–H groups in total. The fourth-order valence-electron chi connectivity index (χ4n) is 2.73. The van der Waals surface area contributed by atoms with E-state index in [4.69, 9.17) is 11.6 Å². The third-order valence-electron chi connectivity index (χ3n) is 4.05. The summed E-state index contributed by atoms with van der Waals surface area (Å²) >= 11 is 5.85. The van der Waals surface area contributed by atoms with Gasteiger partial charge in [0.1, 0.15) is 0 Å². The molecule has 2 aromatic rings. The van der Waals surface area contributed by atoms with Crippen LogP contribution in [0.25, 0.3) is 5.69 Å². The summed E-state index contributed by atoms with van der Waals surface area (Å²) in [7, 11) is 0. The minimum Gasteiger partial charge on any atom is -0.388 e. The number of benzene rings is 1. The van der Waals surface area contributed by atoms with Crippen LogP contribution in [0, 0.1) is 0 Å². The number of nitrogens with zero attached hydrogens (tertiary/aromatic N) is 2. The smallest absolute Gasteiger partial charge is 0.254 e. The van der Waals surface area contributed by atoms with Gasteiger partial charge in [0.05, 0.1) is 23.0 Å². The van der Waals surface area contributed by atoms with Crippen LogP contribution in [0.4, 0.5) is 0 Å². The molecule has 22 heavy (non-hydrogen) atoms. The maximum Gasteiger partial charge on any atom is 0.254 e. The molecule has 0 spiro atoms. The fraction of sp³-hybridized carbons (Fsp3) is 0.375. The number of amides is 1. The molecule has 0 atom stereocenters. The highest BCUT2D eigenvalue weighted by atomic mass is 35.5. The summed E-state index contributed by atoms with van der Waals surface area (Å²) in [5, 5.41) is 17.9. The molecule has 116 valence electrons. The SMILES string of the molecule is O=C(NCC1(O)CCCC1)c1cnn(-c2ccc(Cl)cc2)c1. The predicted molar refractivity (Wildman–Crippen MR) is 84.3 cm³/mol. The third-order valence-corrected chi connectivity index (χ3v) is 4.30. The Hall–Kier alpha value is -1.85. The van der Waals surface area contributed by atoms with Crippen molar-refractivity contribution in [2.24, 2.45) is 0 Å². The second kappa shape index (κ2) is 6.10. The number of rotatable bonds is 4. The van der Waals surface area contributed by atoms with Crippen LogP contribution in [0.2, 0.25) is 5.02 Å². The van der Waals surface area contributed by atoms with Crippen LogP contribution < -0.4 is 5.32 Å².